The first kappa shape index (κ1) is 18.3. The fourth-order valence-corrected chi connectivity index (χ4v) is 2.84. The second kappa shape index (κ2) is 7.41. The van der Waals surface area contributed by atoms with Crippen LogP contribution in [0.2, 0.25) is 0 Å². The average Bonchev–Trinajstić information content (AvgIpc) is 2.86. The summed E-state index contributed by atoms with van der Waals surface area (Å²) in [7, 11) is 0. The third kappa shape index (κ3) is 4.19. The number of rotatable bonds is 3. The molecule has 0 saturated carbocycles. The largest absolute Gasteiger partial charge is 0.373 e. The topological polar surface area (TPSA) is 59.4 Å². The lowest BCUT2D eigenvalue weighted by molar-refractivity contribution is -0.0648. The van der Waals surface area contributed by atoms with E-state index in [-0.39, 0.29) is 19.2 Å². The third-order valence-electron chi connectivity index (χ3n) is 4.35. The van der Waals surface area contributed by atoms with E-state index in [4.69, 9.17) is 4.74 Å². The van der Waals surface area contributed by atoms with Gasteiger partial charge >= 0.3 is 6.03 Å². The summed E-state index contributed by atoms with van der Waals surface area (Å²) in [4.78, 5) is 13.4. The van der Waals surface area contributed by atoms with Gasteiger partial charge in [-0.05, 0) is 19.4 Å². The van der Waals surface area contributed by atoms with Gasteiger partial charge in [-0.1, -0.05) is 30.3 Å². The maximum Gasteiger partial charge on any atom is 0.323 e. The minimum atomic E-state index is -3.05. The fraction of sp³-hybridized carbons (Fsp3) is 0.444. The molecule has 8 heteroatoms. The molecule has 1 N–H and O–H groups in total. The summed E-state index contributed by atoms with van der Waals surface area (Å²) in [6.45, 7) is 2.68. The van der Waals surface area contributed by atoms with Crippen molar-refractivity contribution in [1.82, 2.24) is 14.7 Å². The molecule has 2 amide bonds. The zero-order valence-electron chi connectivity index (χ0n) is 14.8. The van der Waals surface area contributed by atoms with E-state index in [1.807, 2.05) is 50.4 Å². The van der Waals surface area contributed by atoms with E-state index in [1.54, 1.807) is 4.68 Å². The van der Waals surface area contributed by atoms with Crippen LogP contribution in [0.1, 0.15) is 24.1 Å². The van der Waals surface area contributed by atoms with Crippen LogP contribution in [0.4, 0.5) is 19.4 Å². The number of alkyl halides is 2. The Bertz CT molecular complexity index is 764. The summed E-state index contributed by atoms with van der Waals surface area (Å²) in [6, 6.07) is 9.22. The van der Waals surface area contributed by atoms with E-state index in [2.05, 4.69) is 10.4 Å². The van der Waals surface area contributed by atoms with E-state index in [0.29, 0.717) is 5.82 Å². The lowest BCUT2D eigenvalue weighted by Gasteiger charge is -2.23. The Morgan fingerprint density at radius 1 is 1.35 bits per heavy atom. The predicted octanol–water partition coefficient (Wildman–Crippen LogP) is 3.30. The number of nitrogens with one attached hydrogen (secondary N) is 1. The van der Waals surface area contributed by atoms with Crippen molar-refractivity contribution in [2.45, 2.75) is 25.8 Å². The summed E-state index contributed by atoms with van der Waals surface area (Å²) in [5.41, 5.74) is 1.84. The van der Waals surface area contributed by atoms with Crippen LogP contribution >= 0.6 is 0 Å². The van der Waals surface area contributed by atoms with Crippen LogP contribution in [0.5, 0.6) is 0 Å². The number of hydrogen-bond acceptors (Lipinski definition) is 3. The van der Waals surface area contributed by atoms with E-state index in [9.17, 15) is 13.6 Å². The normalized spacial score (nSPS) is 18.2. The molecule has 0 spiro atoms. The molecule has 1 atom stereocenters. The van der Waals surface area contributed by atoms with E-state index in [1.165, 1.54) is 0 Å². The summed E-state index contributed by atoms with van der Waals surface area (Å²) in [5.74, 6) is -2.68. The number of hydrogen-bond donors (Lipinski definition) is 1. The molecule has 2 aromatic rings. The molecule has 2 heterocycles. The minimum absolute atomic E-state index is 0.0172. The first-order valence-electron chi connectivity index (χ1n) is 8.48. The Kier molecular flexibility index (Phi) is 5.22. The van der Waals surface area contributed by atoms with Gasteiger partial charge < -0.3 is 9.64 Å². The Morgan fingerprint density at radius 2 is 2.08 bits per heavy atom. The lowest BCUT2D eigenvalue weighted by Crippen LogP contribution is -2.43. The molecule has 1 unspecified atom stereocenters. The predicted molar refractivity (Wildman–Crippen MR) is 93.6 cm³/mol. The molecule has 26 heavy (non-hydrogen) atoms. The van der Waals surface area contributed by atoms with Gasteiger partial charge in [-0.2, -0.15) is 5.10 Å². The zero-order valence-corrected chi connectivity index (χ0v) is 14.8. The standard InChI is InChI=1S/C18H22F2N4O2/c1-13-10-24(14(2)15-6-4-3-5-7-15)22-16(13)21-17(25)23-8-9-26-12-18(19,20)11-23/h3-7,10,14H,8-9,11-12H2,1-2H3,(H,21,22,25). The van der Waals surface area contributed by atoms with Gasteiger partial charge in [-0.3, -0.25) is 10.00 Å². The molecule has 3 rings (SSSR count). The van der Waals surface area contributed by atoms with Gasteiger partial charge in [0.1, 0.15) is 6.61 Å². The van der Waals surface area contributed by atoms with Gasteiger partial charge in [0.05, 0.1) is 19.2 Å². The number of carbonyl (C=O) groups excluding carboxylic acids is 1. The first-order valence-corrected chi connectivity index (χ1v) is 8.48. The molecule has 140 valence electrons. The van der Waals surface area contributed by atoms with E-state index in [0.717, 1.165) is 16.0 Å². The summed E-state index contributed by atoms with van der Waals surface area (Å²) in [5, 5.41) is 7.06. The highest BCUT2D eigenvalue weighted by Gasteiger charge is 2.36. The molecule has 6 nitrogen and oxygen atoms in total. The Morgan fingerprint density at radius 3 is 2.81 bits per heavy atom. The van der Waals surface area contributed by atoms with Gasteiger partial charge in [0, 0.05) is 18.3 Å². The maximum atomic E-state index is 13.6. The van der Waals surface area contributed by atoms with Crippen molar-refractivity contribution in [3.8, 4) is 0 Å². The van der Waals surface area contributed by atoms with Crippen LogP contribution in [-0.4, -0.2) is 52.9 Å². The third-order valence-corrected chi connectivity index (χ3v) is 4.35. The van der Waals surface area contributed by atoms with Crippen molar-refractivity contribution < 1.29 is 18.3 Å². The Hall–Kier alpha value is -2.48. The molecule has 0 aliphatic carbocycles. The monoisotopic (exact) mass is 364 g/mol. The molecule has 1 saturated heterocycles. The average molecular weight is 364 g/mol. The minimum Gasteiger partial charge on any atom is -0.373 e. The van der Waals surface area contributed by atoms with E-state index >= 15 is 0 Å². The van der Waals surface area contributed by atoms with E-state index < -0.39 is 25.1 Å². The number of ether oxygens (including phenoxy) is 1. The Labute approximate surface area is 150 Å². The molecule has 0 bridgehead atoms. The van der Waals surface area contributed by atoms with Crippen LogP contribution < -0.4 is 5.32 Å². The highest BCUT2D eigenvalue weighted by molar-refractivity contribution is 5.89. The molecule has 0 radical (unpaired) electrons. The van der Waals surface area contributed by atoms with Crippen molar-refractivity contribution in [3.63, 3.8) is 0 Å². The molecule has 1 fully saturated rings. The van der Waals surface area contributed by atoms with Crippen molar-refractivity contribution in [2.75, 3.05) is 31.6 Å². The SMILES string of the molecule is Cc1cn(C(C)c2ccccc2)nc1NC(=O)N1CCOCC(F)(F)C1. The summed E-state index contributed by atoms with van der Waals surface area (Å²) >= 11 is 0. The molecular formula is C18H22F2N4O2. The Balaban J connectivity index is 1.72. The van der Waals surface area contributed by atoms with Gasteiger partial charge in [-0.25, -0.2) is 13.6 Å². The van der Waals surface area contributed by atoms with Crippen molar-refractivity contribution in [1.29, 1.82) is 0 Å². The van der Waals surface area contributed by atoms with Crippen LogP contribution in [-0.2, 0) is 4.74 Å². The number of aromatic nitrogens is 2. The summed E-state index contributed by atoms with van der Waals surface area (Å²) < 4.78 is 33.9. The number of nitrogens with zero attached hydrogens (tertiary/aromatic N) is 3. The van der Waals surface area contributed by atoms with Crippen molar-refractivity contribution >= 4 is 11.8 Å². The number of benzene rings is 1. The molecule has 1 aliphatic rings. The lowest BCUT2D eigenvalue weighted by atomic mass is 10.1. The second-order valence-electron chi connectivity index (χ2n) is 6.49. The molecule has 1 aromatic carbocycles. The molecule has 1 aliphatic heterocycles. The van der Waals surface area contributed by atoms with Crippen LogP contribution in [0, 0.1) is 6.92 Å². The first-order chi connectivity index (χ1) is 12.4. The van der Waals surface area contributed by atoms with Crippen LogP contribution in [0.15, 0.2) is 36.5 Å². The number of urea groups is 1. The summed E-state index contributed by atoms with van der Waals surface area (Å²) in [6.07, 6.45) is 1.83. The van der Waals surface area contributed by atoms with Gasteiger partial charge in [0.2, 0.25) is 0 Å². The zero-order chi connectivity index (χ0) is 18.7. The quantitative estimate of drug-likeness (QED) is 0.909. The van der Waals surface area contributed by atoms with Crippen molar-refractivity contribution in [3.05, 3.63) is 47.7 Å². The van der Waals surface area contributed by atoms with Crippen LogP contribution in [0.3, 0.4) is 0 Å². The van der Waals surface area contributed by atoms with Gasteiger partial charge in [-0.15, -0.1) is 0 Å². The maximum absolute atomic E-state index is 13.6. The highest BCUT2D eigenvalue weighted by Crippen LogP contribution is 2.22. The fourth-order valence-electron chi connectivity index (χ4n) is 2.84. The second-order valence-corrected chi connectivity index (χ2v) is 6.49. The van der Waals surface area contributed by atoms with Crippen molar-refractivity contribution in [2.24, 2.45) is 0 Å². The number of halogens is 2. The number of carbonyl (C=O) groups is 1. The smallest absolute Gasteiger partial charge is 0.323 e. The number of anilines is 1. The number of aryl methyl sites for hydroxylation is 1. The molecular weight excluding hydrogens is 342 g/mol. The van der Waals surface area contributed by atoms with Gasteiger partial charge in [0.15, 0.2) is 5.82 Å². The van der Waals surface area contributed by atoms with Gasteiger partial charge in [0.25, 0.3) is 5.92 Å². The highest BCUT2D eigenvalue weighted by atomic mass is 19.3. The van der Waals surface area contributed by atoms with Crippen LogP contribution in [0.25, 0.3) is 0 Å². The number of amides is 2. The molecule has 1 aromatic heterocycles.